The van der Waals surface area contributed by atoms with Crippen LogP contribution in [0.2, 0.25) is 0 Å². The molecule has 5 rings (SSSR count). The smallest absolute Gasteiger partial charge is 0.241 e. The summed E-state index contributed by atoms with van der Waals surface area (Å²) >= 11 is 0. The number of nitrogens with one attached hydrogen (secondary N) is 2. The lowest BCUT2D eigenvalue weighted by molar-refractivity contribution is -0.122. The van der Waals surface area contributed by atoms with Crippen molar-refractivity contribution in [2.75, 3.05) is 20.6 Å². The van der Waals surface area contributed by atoms with Crippen LogP contribution in [0.3, 0.4) is 0 Å². The van der Waals surface area contributed by atoms with Crippen LogP contribution in [-0.4, -0.2) is 39.9 Å². The first kappa shape index (κ1) is 30.9. The Bertz CT molecular complexity index is 1630. The predicted octanol–water partition coefficient (Wildman–Crippen LogP) is 6.58. The van der Waals surface area contributed by atoms with Crippen LogP contribution in [0.4, 0.5) is 0 Å². The highest BCUT2D eigenvalue weighted by Crippen LogP contribution is 2.43. The van der Waals surface area contributed by atoms with Crippen molar-refractivity contribution in [3.63, 3.8) is 0 Å². The monoisotopic (exact) mass is 597 g/mol. The molecule has 1 atom stereocenters. The molecule has 1 unspecified atom stereocenters. The van der Waals surface area contributed by atoms with Gasteiger partial charge in [-0.05, 0) is 93.1 Å². The molecule has 2 N–H and O–H groups in total. The van der Waals surface area contributed by atoms with E-state index in [4.69, 9.17) is 0 Å². The van der Waals surface area contributed by atoms with Crippen molar-refractivity contribution < 1.29 is 13.2 Å². The van der Waals surface area contributed by atoms with Crippen molar-refractivity contribution >= 4 is 26.7 Å². The average Bonchev–Trinajstić information content (AvgIpc) is 3.01. The molecule has 1 saturated carbocycles. The first-order valence-corrected chi connectivity index (χ1v) is 16.7. The summed E-state index contributed by atoms with van der Waals surface area (Å²) in [6, 6.07) is 32.9. The molecule has 4 aromatic rings. The fourth-order valence-electron chi connectivity index (χ4n) is 6.68. The fraction of sp³-hybridized carbons (Fsp3) is 0.361. The summed E-state index contributed by atoms with van der Waals surface area (Å²) in [7, 11) is 0.428. The topological polar surface area (TPSA) is 78.5 Å². The molecular formula is C36H43N3O3S. The Morgan fingerprint density at radius 1 is 0.860 bits per heavy atom. The van der Waals surface area contributed by atoms with Crippen molar-refractivity contribution in [3.8, 4) is 0 Å². The lowest BCUT2D eigenvalue weighted by Gasteiger charge is -2.45. The third-order valence-corrected chi connectivity index (χ3v) is 10.9. The van der Waals surface area contributed by atoms with Crippen LogP contribution >= 0.6 is 0 Å². The second-order valence-electron chi connectivity index (χ2n) is 12.4. The highest BCUT2D eigenvalue weighted by Gasteiger charge is 2.39. The Hall–Kier alpha value is -3.52. The summed E-state index contributed by atoms with van der Waals surface area (Å²) < 4.78 is 30.1. The summed E-state index contributed by atoms with van der Waals surface area (Å²) in [5.41, 5.74) is 1.04. The maximum Gasteiger partial charge on any atom is 0.241 e. The molecule has 1 aliphatic carbocycles. The van der Waals surface area contributed by atoms with Gasteiger partial charge in [0.1, 0.15) is 0 Å². The molecule has 43 heavy (non-hydrogen) atoms. The average molecular weight is 598 g/mol. The number of nitrogens with zero attached hydrogens (tertiary/aromatic N) is 1. The molecule has 0 bridgehead atoms. The van der Waals surface area contributed by atoms with Gasteiger partial charge in [-0.15, -0.1) is 0 Å². The van der Waals surface area contributed by atoms with E-state index in [1.54, 1.807) is 19.1 Å². The van der Waals surface area contributed by atoms with Crippen LogP contribution in [0.15, 0.2) is 108 Å². The molecule has 6 nitrogen and oxygen atoms in total. The highest BCUT2D eigenvalue weighted by atomic mass is 32.2. The Balaban J connectivity index is 1.22. The maximum atomic E-state index is 13.6. The molecule has 7 heteroatoms. The van der Waals surface area contributed by atoms with Crippen molar-refractivity contribution in [1.29, 1.82) is 0 Å². The summed E-state index contributed by atoms with van der Waals surface area (Å²) in [6.07, 6.45) is 5.30. The third-order valence-electron chi connectivity index (χ3n) is 9.29. The number of fused-ring (bicyclic) bond motifs is 1. The van der Waals surface area contributed by atoms with Crippen molar-refractivity contribution in [1.82, 2.24) is 14.9 Å². The molecule has 1 fully saturated rings. The molecule has 1 amide bonds. The van der Waals surface area contributed by atoms with Crippen molar-refractivity contribution in [2.24, 2.45) is 5.92 Å². The Morgan fingerprint density at radius 3 is 2.12 bits per heavy atom. The van der Waals surface area contributed by atoms with Crippen molar-refractivity contribution in [3.05, 3.63) is 114 Å². The fourth-order valence-corrected chi connectivity index (χ4v) is 8.11. The van der Waals surface area contributed by atoms with E-state index in [1.807, 2.05) is 60.7 Å². The molecule has 0 spiro atoms. The van der Waals surface area contributed by atoms with E-state index in [0.717, 1.165) is 48.4 Å². The zero-order valence-electron chi connectivity index (χ0n) is 25.4. The molecule has 0 aliphatic heterocycles. The quantitative estimate of drug-likeness (QED) is 0.205. The van der Waals surface area contributed by atoms with E-state index in [2.05, 4.69) is 59.4 Å². The van der Waals surface area contributed by atoms with Crippen LogP contribution in [0.1, 0.15) is 56.6 Å². The minimum absolute atomic E-state index is 0.00770. The normalized spacial score (nSPS) is 20.5. The lowest BCUT2D eigenvalue weighted by atomic mass is 9.71. The van der Waals surface area contributed by atoms with Crippen LogP contribution in [-0.2, 0) is 25.9 Å². The number of hydrogen-bond acceptors (Lipinski definition) is 4. The first-order chi connectivity index (χ1) is 20.6. The zero-order valence-corrected chi connectivity index (χ0v) is 26.2. The van der Waals surface area contributed by atoms with E-state index in [0.29, 0.717) is 12.5 Å². The number of carbonyl (C=O) groups is 1. The van der Waals surface area contributed by atoms with Gasteiger partial charge < -0.3 is 5.32 Å². The summed E-state index contributed by atoms with van der Waals surface area (Å²) in [4.78, 5) is 15.8. The van der Waals surface area contributed by atoms with Crippen LogP contribution < -0.4 is 10.0 Å². The standard InChI is InChI=1S/C36H43N3O3S/c1-35(31-14-6-4-7-15-31,38-43(41,42)33-19-18-29-12-10-11-13-30(29)26-33)27-34(40)37-25-22-28-20-23-36(24-21-28,39(2)3)32-16-8-5-9-17-32/h4-19,26,28,38H,20-25,27H2,1-3H3,(H,37,40). The Kier molecular flexibility index (Phi) is 9.35. The minimum Gasteiger partial charge on any atom is -0.356 e. The second-order valence-corrected chi connectivity index (χ2v) is 14.0. The van der Waals surface area contributed by atoms with Gasteiger partial charge in [0.15, 0.2) is 0 Å². The molecule has 0 heterocycles. The van der Waals surface area contributed by atoms with Gasteiger partial charge in [-0.2, -0.15) is 0 Å². The first-order valence-electron chi connectivity index (χ1n) is 15.2. The van der Waals surface area contributed by atoms with Gasteiger partial charge in [0.05, 0.1) is 10.4 Å². The molecule has 0 aromatic heterocycles. The molecule has 0 saturated heterocycles. The molecule has 1 aliphatic rings. The highest BCUT2D eigenvalue weighted by molar-refractivity contribution is 7.89. The lowest BCUT2D eigenvalue weighted by Crippen LogP contribution is -2.47. The Morgan fingerprint density at radius 2 is 1.47 bits per heavy atom. The number of amides is 1. The molecule has 4 aromatic carbocycles. The van der Waals surface area contributed by atoms with Crippen LogP contribution in [0, 0.1) is 5.92 Å². The number of sulfonamides is 1. The van der Waals surface area contributed by atoms with Crippen LogP contribution in [0.25, 0.3) is 10.8 Å². The number of carbonyl (C=O) groups excluding carboxylic acids is 1. The largest absolute Gasteiger partial charge is 0.356 e. The molecular weight excluding hydrogens is 554 g/mol. The van der Waals surface area contributed by atoms with E-state index in [1.165, 1.54) is 5.56 Å². The van der Waals surface area contributed by atoms with Gasteiger partial charge in [0.25, 0.3) is 0 Å². The van der Waals surface area contributed by atoms with E-state index in [9.17, 15) is 13.2 Å². The van der Waals surface area contributed by atoms with E-state index >= 15 is 0 Å². The van der Waals surface area contributed by atoms with Gasteiger partial charge in [0.2, 0.25) is 15.9 Å². The SMILES string of the molecule is CN(C)C1(c2ccccc2)CCC(CCNC(=O)CC(C)(NS(=O)(=O)c2ccc3ccccc3c2)c2ccccc2)CC1. The van der Waals surface area contributed by atoms with E-state index in [-0.39, 0.29) is 22.8 Å². The molecule has 226 valence electrons. The maximum absolute atomic E-state index is 13.6. The zero-order chi connectivity index (χ0) is 30.5. The number of rotatable bonds is 11. The number of benzene rings is 4. The van der Waals surface area contributed by atoms with Gasteiger partial charge in [0, 0.05) is 18.5 Å². The van der Waals surface area contributed by atoms with Crippen LogP contribution in [0.5, 0.6) is 0 Å². The predicted molar refractivity (Wildman–Crippen MR) is 174 cm³/mol. The second kappa shape index (κ2) is 13.0. The Labute approximate surface area is 256 Å². The van der Waals surface area contributed by atoms with Gasteiger partial charge in [-0.3, -0.25) is 9.69 Å². The van der Waals surface area contributed by atoms with Gasteiger partial charge in [-0.1, -0.05) is 91.0 Å². The van der Waals surface area contributed by atoms with Gasteiger partial charge in [-0.25, -0.2) is 13.1 Å². The molecule has 0 radical (unpaired) electrons. The summed E-state index contributed by atoms with van der Waals surface area (Å²) in [5, 5.41) is 4.91. The summed E-state index contributed by atoms with van der Waals surface area (Å²) in [5.74, 6) is 0.374. The minimum atomic E-state index is -3.92. The summed E-state index contributed by atoms with van der Waals surface area (Å²) in [6.45, 7) is 2.36. The number of hydrogen-bond donors (Lipinski definition) is 2. The van der Waals surface area contributed by atoms with E-state index < -0.39 is 15.6 Å². The third kappa shape index (κ3) is 7.01. The van der Waals surface area contributed by atoms with Crippen molar-refractivity contribution in [2.45, 2.75) is 61.4 Å². The van der Waals surface area contributed by atoms with Gasteiger partial charge >= 0.3 is 0 Å².